The number of allylic oxidation sites excluding steroid dienone is 6. The van der Waals surface area contributed by atoms with E-state index in [0.29, 0.717) is 11.8 Å². The molecule has 6 heteroatoms. The minimum absolute atomic E-state index is 0.0222. The highest BCUT2D eigenvalue weighted by molar-refractivity contribution is 5.86. The highest BCUT2D eigenvalue weighted by atomic mass is 16.5. The lowest BCUT2D eigenvalue weighted by Gasteiger charge is -2.23. The van der Waals surface area contributed by atoms with Crippen LogP contribution in [0.4, 0.5) is 0 Å². The topological polar surface area (TPSA) is 82.1 Å². The molecule has 1 N–H and O–H groups in total. The molecule has 6 nitrogen and oxygen atoms in total. The van der Waals surface area contributed by atoms with Gasteiger partial charge in [0.1, 0.15) is 0 Å². The molecule has 0 rings (SSSR count). The number of methoxy groups -OCH3 is 2. The SMILES string of the molecule is CO/C(C(=O)O)=C(C)/C(=C/CC(C)CCCC(C)C)C(C)C.COC(C)(C)CCCC(C)C/C=C/C(C)=C/C(=O)OC(C)C. The third-order valence-corrected chi connectivity index (χ3v) is 7.66. The standard InChI is InChI=1S/2C19H34O3/c1-15(2)22-18(20)14-17(4)11-8-10-16(3)12-9-13-19(5,6)21-7;1-13(2)9-8-10-15(5)11-12-17(14(3)4)16(6)18(22-7)19(20)21/h8,11,14-16H,9-10,12-13H2,1-7H3;12-15H,8-11H2,1-7H3,(H,20,21)/b11-8+,17-14+;17-12+,18-16+. The first-order valence-corrected chi connectivity index (χ1v) is 16.7. The number of aliphatic carboxylic acids is 1. The number of carboxylic acids is 1. The Bertz CT molecular complexity index is 933. The second-order valence-electron chi connectivity index (χ2n) is 13.9. The highest BCUT2D eigenvalue weighted by Gasteiger charge is 2.18. The summed E-state index contributed by atoms with van der Waals surface area (Å²) in [7, 11) is 3.19. The Kier molecular flexibility index (Phi) is 23.8. The van der Waals surface area contributed by atoms with Crippen molar-refractivity contribution in [3.05, 3.63) is 46.8 Å². The quantitative estimate of drug-likeness (QED) is 0.0631. The average molecular weight is 621 g/mol. The summed E-state index contributed by atoms with van der Waals surface area (Å²) in [6, 6.07) is 0. The molecule has 0 radical (unpaired) electrons. The van der Waals surface area contributed by atoms with E-state index in [0.717, 1.165) is 41.9 Å². The largest absolute Gasteiger partial charge is 0.490 e. The van der Waals surface area contributed by atoms with Crippen LogP contribution in [-0.2, 0) is 23.8 Å². The average Bonchev–Trinajstić information content (AvgIpc) is 2.88. The van der Waals surface area contributed by atoms with Crippen molar-refractivity contribution in [2.24, 2.45) is 23.7 Å². The Labute approximate surface area is 271 Å². The molecule has 256 valence electrons. The summed E-state index contributed by atoms with van der Waals surface area (Å²) in [4.78, 5) is 22.7. The molecule has 0 aliphatic heterocycles. The van der Waals surface area contributed by atoms with E-state index >= 15 is 0 Å². The van der Waals surface area contributed by atoms with E-state index in [1.54, 1.807) is 13.2 Å². The minimum atomic E-state index is -1.00. The fourth-order valence-corrected chi connectivity index (χ4v) is 4.76. The predicted octanol–water partition coefficient (Wildman–Crippen LogP) is 10.5. The van der Waals surface area contributed by atoms with E-state index in [9.17, 15) is 14.7 Å². The van der Waals surface area contributed by atoms with Gasteiger partial charge in [0.05, 0.1) is 18.8 Å². The van der Waals surface area contributed by atoms with Gasteiger partial charge in [-0.05, 0) is 95.6 Å². The normalized spacial score (nSPS) is 14.8. The number of carboxylic acid groups (broad SMARTS) is 1. The van der Waals surface area contributed by atoms with Gasteiger partial charge in [0.15, 0.2) is 0 Å². The van der Waals surface area contributed by atoms with Gasteiger partial charge in [-0.25, -0.2) is 9.59 Å². The van der Waals surface area contributed by atoms with Crippen molar-refractivity contribution in [2.45, 2.75) is 146 Å². The zero-order valence-corrected chi connectivity index (χ0v) is 30.8. The summed E-state index contributed by atoms with van der Waals surface area (Å²) < 4.78 is 15.6. The second kappa shape index (κ2) is 24.0. The molecule has 0 aliphatic carbocycles. The fraction of sp³-hybridized carbons (Fsp3) is 0.737. The lowest BCUT2D eigenvalue weighted by atomic mass is 9.90. The maximum atomic E-state index is 11.5. The number of esters is 1. The van der Waals surface area contributed by atoms with Crippen molar-refractivity contribution in [1.29, 1.82) is 0 Å². The maximum absolute atomic E-state index is 11.5. The molecule has 0 aromatic rings. The van der Waals surface area contributed by atoms with Crippen LogP contribution in [0.3, 0.4) is 0 Å². The Morgan fingerprint density at radius 1 is 0.841 bits per heavy atom. The number of carbonyl (C=O) groups excluding carboxylic acids is 1. The van der Waals surface area contributed by atoms with Crippen molar-refractivity contribution in [3.8, 4) is 0 Å². The second-order valence-corrected chi connectivity index (χ2v) is 13.9. The Morgan fingerprint density at radius 2 is 1.41 bits per heavy atom. The lowest BCUT2D eigenvalue weighted by molar-refractivity contribution is -0.141. The van der Waals surface area contributed by atoms with Crippen LogP contribution in [0.5, 0.6) is 0 Å². The van der Waals surface area contributed by atoms with Gasteiger partial charge in [-0.15, -0.1) is 0 Å². The summed E-state index contributed by atoms with van der Waals surface area (Å²) in [5.74, 6) is 1.08. The first-order valence-electron chi connectivity index (χ1n) is 16.7. The Morgan fingerprint density at radius 3 is 1.89 bits per heavy atom. The molecule has 0 heterocycles. The number of rotatable bonds is 20. The zero-order chi connectivity index (χ0) is 34.5. The molecule has 0 aromatic carbocycles. The molecule has 0 saturated carbocycles. The van der Waals surface area contributed by atoms with E-state index in [4.69, 9.17) is 14.2 Å². The van der Waals surface area contributed by atoms with Gasteiger partial charge in [-0.3, -0.25) is 0 Å². The van der Waals surface area contributed by atoms with Gasteiger partial charge in [-0.2, -0.15) is 0 Å². The van der Waals surface area contributed by atoms with Crippen LogP contribution in [-0.4, -0.2) is 43.0 Å². The number of carbonyl (C=O) groups is 2. The molecule has 2 unspecified atom stereocenters. The van der Waals surface area contributed by atoms with Gasteiger partial charge in [-0.1, -0.05) is 91.9 Å². The number of ether oxygens (including phenoxy) is 3. The summed E-state index contributed by atoms with van der Waals surface area (Å²) in [6.07, 6.45) is 17.0. The highest BCUT2D eigenvalue weighted by Crippen LogP contribution is 2.26. The molecule has 44 heavy (non-hydrogen) atoms. The number of hydrogen-bond donors (Lipinski definition) is 1. The van der Waals surface area contributed by atoms with E-state index in [1.165, 1.54) is 39.2 Å². The Balaban J connectivity index is 0. The van der Waals surface area contributed by atoms with E-state index in [1.807, 2.05) is 33.8 Å². The molecule has 0 bridgehead atoms. The molecule has 0 aromatic heterocycles. The minimum Gasteiger partial charge on any atom is -0.490 e. The molecule has 0 saturated heterocycles. The van der Waals surface area contributed by atoms with Crippen molar-refractivity contribution in [3.63, 3.8) is 0 Å². The first kappa shape index (κ1) is 43.8. The molecule has 0 aliphatic rings. The predicted molar refractivity (Wildman–Crippen MR) is 186 cm³/mol. The fourth-order valence-electron chi connectivity index (χ4n) is 4.76. The van der Waals surface area contributed by atoms with Crippen LogP contribution >= 0.6 is 0 Å². The summed E-state index contributed by atoms with van der Waals surface area (Å²) in [5.41, 5.74) is 2.72. The zero-order valence-electron chi connectivity index (χ0n) is 30.8. The van der Waals surface area contributed by atoms with Crippen LogP contribution in [0, 0.1) is 23.7 Å². The van der Waals surface area contributed by atoms with Gasteiger partial charge in [0, 0.05) is 18.8 Å². The van der Waals surface area contributed by atoms with Crippen LogP contribution in [0.15, 0.2) is 46.8 Å². The van der Waals surface area contributed by atoms with Crippen molar-refractivity contribution in [1.82, 2.24) is 0 Å². The van der Waals surface area contributed by atoms with E-state index in [-0.39, 0.29) is 29.4 Å². The molecule has 0 fully saturated rings. The van der Waals surface area contributed by atoms with Gasteiger partial charge in [0.25, 0.3) is 0 Å². The van der Waals surface area contributed by atoms with E-state index < -0.39 is 5.97 Å². The van der Waals surface area contributed by atoms with Gasteiger partial charge in [0.2, 0.25) is 5.76 Å². The monoisotopic (exact) mass is 621 g/mol. The summed E-state index contributed by atoms with van der Waals surface area (Å²) >= 11 is 0. The number of hydrogen-bond acceptors (Lipinski definition) is 5. The van der Waals surface area contributed by atoms with Crippen LogP contribution in [0.1, 0.15) is 134 Å². The molecule has 0 amide bonds. The maximum Gasteiger partial charge on any atom is 0.371 e. The van der Waals surface area contributed by atoms with Gasteiger partial charge >= 0.3 is 11.9 Å². The Hall–Kier alpha value is -2.34. The molecule has 2 atom stereocenters. The van der Waals surface area contributed by atoms with Crippen LogP contribution in [0.25, 0.3) is 0 Å². The summed E-state index contributed by atoms with van der Waals surface area (Å²) in [6.45, 7) is 24.9. The van der Waals surface area contributed by atoms with Crippen LogP contribution in [0.2, 0.25) is 0 Å². The third-order valence-electron chi connectivity index (χ3n) is 7.66. The third kappa shape index (κ3) is 23.1. The molecule has 0 spiro atoms. The van der Waals surface area contributed by atoms with Crippen molar-refractivity contribution >= 4 is 11.9 Å². The molecular weight excluding hydrogens is 552 g/mol. The summed E-state index contributed by atoms with van der Waals surface area (Å²) in [5, 5.41) is 9.21. The van der Waals surface area contributed by atoms with Crippen LogP contribution < -0.4 is 0 Å². The molecular formula is C38H68O6. The van der Waals surface area contributed by atoms with Gasteiger partial charge < -0.3 is 19.3 Å². The van der Waals surface area contributed by atoms with Crippen molar-refractivity contribution < 1.29 is 28.9 Å². The first-order chi connectivity index (χ1) is 20.4. The lowest BCUT2D eigenvalue weighted by Crippen LogP contribution is -2.22. The van der Waals surface area contributed by atoms with E-state index in [2.05, 4.69) is 67.5 Å². The van der Waals surface area contributed by atoms with Crippen molar-refractivity contribution in [2.75, 3.05) is 14.2 Å². The smallest absolute Gasteiger partial charge is 0.371 e.